The fraction of sp³-hybridized carbons (Fsp3) is 0.0333. The van der Waals surface area contributed by atoms with E-state index in [2.05, 4.69) is 31.4 Å². The number of ether oxygens (including phenoxy) is 1. The van der Waals surface area contributed by atoms with Crippen molar-refractivity contribution in [1.29, 1.82) is 0 Å². The number of carbonyl (C=O) groups is 2. The number of nitro benzene ring substituents is 1. The number of hydrogen-bond acceptors (Lipinski definition) is 6. The first-order valence-corrected chi connectivity index (χ1v) is 13.3. The van der Waals surface area contributed by atoms with Crippen molar-refractivity contribution in [3.8, 4) is 16.9 Å². The highest BCUT2D eigenvalue weighted by atomic mass is 79.9. The first-order chi connectivity index (χ1) is 19.7. The average molecular weight is 632 g/mol. The number of nitrogens with zero attached hydrogens (tertiary/aromatic N) is 2. The molecule has 0 aliphatic carbocycles. The first-order valence-electron chi connectivity index (χ1n) is 12.2. The third-order valence-corrected chi connectivity index (χ3v) is 7.01. The van der Waals surface area contributed by atoms with Crippen LogP contribution in [-0.4, -0.2) is 28.0 Å². The Hall–Kier alpha value is -4.80. The molecule has 41 heavy (non-hydrogen) atoms. The summed E-state index contributed by atoms with van der Waals surface area (Å²) in [7, 11) is 0. The Kier molecular flexibility index (Phi) is 7.95. The van der Waals surface area contributed by atoms with Crippen molar-refractivity contribution in [2.24, 2.45) is 5.10 Å². The number of aryl methyl sites for hydroxylation is 1. The molecule has 0 saturated carbocycles. The molecule has 11 heteroatoms. The van der Waals surface area contributed by atoms with Crippen LogP contribution >= 0.6 is 27.5 Å². The van der Waals surface area contributed by atoms with Crippen LogP contribution < -0.4 is 10.2 Å². The third-order valence-electron chi connectivity index (χ3n) is 6.18. The number of nitro groups is 1. The highest BCUT2D eigenvalue weighted by Gasteiger charge is 2.21. The van der Waals surface area contributed by atoms with Gasteiger partial charge in [-0.15, -0.1) is 0 Å². The monoisotopic (exact) mass is 630 g/mol. The fourth-order valence-corrected chi connectivity index (χ4v) is 4.84. The SMILES string of the molecule is Cc1ccc2[nH]c(C(=O)NN=Cc3cc(Br)ccc3OC(=O)c3ccc([N+](=O)[O-])cc3)c(-c3ccccc3Cl)c2c1. The lowest BCUT2D eigenvalue weighted by Gasteiger charge is -2.08. The van der Waals surface area contributed by atoms with Crippen molar-refractivity contribution in [1.82, 2.24) is 10.4 Å². The summed E-state index contributed by atoms with van der Waals surface area (Å²) < 4.78 is 6.20. The Morgan fingerprint density at radius 3 is 2.54 bits per heavy atom. The lowest BCUT2D eigenvalue weighted by Crippen LogP contribution is -2.19. The summed E-state index contributed by atoms with van der Waals surface area (Å²) in [6, 6.07) is 23.1. The minimum Gasteiger partial charge on any atom is -0.422 e. The maximum atomic E-state index is 13.3. The molecular formula is C30H20BrClN4O5. The van der Waals surface area contributed by atoms with Crippen LogP contribution in [0.25, 0.3) is 22.0 Å². The summed E-state index contributed by atoms with van der Waals surface area (Å²) in [4.78, 5) is 39.5. The van der Waals surface area contributed by atoms with Gasteiger partial charge in [0.15, 0.2) is 0 Å². The van der Waals surface area contributed by atoms with Gasteiger partial charge in [0.1, 0.15) is 11.4 Å². The molecule has 1 amide bonds. The lowest BCUT2D eigenvalue weighted by molar-refractivity contribution is -0.384. The van der Waals surface area contributed by atoms with Crippen LogP contribution in [0, 0.1) is 17.0 Å². The number of halogens is 2. The summed E-state index contributed by atoms with van der Waals surface area (Å²) in [5.41, 5.74) is 6.37. The Labute approximate surface area is 247 Å². The molecule has 0 spiro atoms. The van der Waals surface area contributed by atoms with Gasteiger partial charge in [0.05, 0.1) is 16.7 Å². The molecule has 0 fully saturated rings. The number of H-pyrrole nitrogens is 1. The summed E-state index contributed by atoms with van der Waals surface area (Å²) in [6.07, 6.45) is 1.35. The number of fused-ring (bicyclic) bond motifs is 1. The van der Waals surface area contributed by atoms with E-state index in [9.17, 15) is 19.7 Å². The number of rotatable bonds is 7. The lowest BCUT2D eigenvalue weighted by atomic mass is 10.0. The molecule has 0 atom stereocenters. The number of aromatic amines is 1. The molecule has 0 bridgehead atoms. The van der Waals surface area contributed by atoms with Gasteiger partial charge in [0, 0.05) is 49.2 Å². The number of hydrazone groups is 1. The Balaban J connectivity index is 1.41. The number of hydrogen-bond donors (Lipinski definition) is 2. The van der Waals surface area contributed by atoms with E-state index in [0.29, 0.717) is 26.2 Å². The quantitative estimate of drug-likeness (QED) is 0.0634. The van der Waals surface area contributed by atoms with Crippen LogP contribution in [0.2, 0.25) is 5.02 Å². The van der Waals surface area contributed by atoms with Gasteiger partial charge in [0.2, 0.25) is 0 Å². The second kappa shape index (κ2) is 11.7. The number of non-ortho nitro benzene ring substituents is 1. The molecule has 204 valence electrons. The van der Waals surface area contributed by atoms with E-state index in [4.69, 9.17) is 16.3 Å². The molecule has 5 aromatic rings. The molecule has 0 aliphatic heterocycles. The molecule has 5 rings (SSSR count). The van der Waals surface area contributed by atoms with Gasteiger partial charge >= 0.3 is 5.97 Å². The minimum atomic E-state index is -0.710. The van der Waals surface area contributed by atoms with Crippen LogP contribution in [-0.2, 0) is 0 Å². The normalized spacial score (nSPS) is 11.1. The van der Waals surface area contributed by atoms with Gasteiger partial charge in [-0.1, -0.05) is 57.4 Å². The van der Waals surface area contributed by atoms with Gasteiger partial charge < -0.3 is 9.72 Å². The second-order valence-corrected chi connectivity index (χ2v) is 10.3. The maximum Gasteiger partial charge on any atom is 0.343 e. The zero-order valence-electron chi connectivity index (χ0n) is 21.4. The topological polar surface area (TPSA) is 127 Å². The molecule has 0 aliphatic rings. The minimum absolute atomic E-state index is 0.135. The number of carbonyl (C=O) groups excluding carboxylic acids is 2. The summed E-state index contributed by atoms with van der Waals surface area (Å²) >= 11 is 9.89. The van der Waals surface area contributed by atoms with E-state index in [1.165, 1.54) is 30.5 Å². The number of benzene rings is 4. The van der Waals surface area contributed by atoms with Crippen LogP contribution in [0.15, 0.2) is 94.5 Å². The van der Waals surface area contributed by atoms with Gasteiger partial charge in [-0.2, -0.15) is 5.10 Å². The summed E-state index contributed by atoms with van der Waals surface area (Å²) in [6.45, 7) is 1.97. The van der Waals surface area contributed by atoms with Crippen molar-refractivity contribution >= 4 is 62.2 Å². The first kappa shape index (κ1) is 27.8. The highest BCUT2D eigenvalue weighted by molar-refractivity contribution is 9.10. The molecule has 0 unspecified atom stereocenters. The van der Waals surface area contributed by atoms with Crippen LogP contribution in [0.4, 0.5) is 5.69 Å². The Bertz CT molecular complexity index is 1850. The molecule has 1 heterocycles. The molecule has 2 N–H and O–H groups in total. The highest BCUT2D eigenvalue weighted by Crippen LogP contribution is 2.37. The number of amides is 1. The van der Waals surface area contributed by atoms with E-state index in [1.54, 1.807) is 24.3 Å². The van der Waals surface area contributed by atoms with Crippen molar-refractivity contribution in [2.45, 2.75) is 6.92 Å². The van der Waals surface area contributed by atoms with Crippen molar-refractivity contribution in [2.75, 3.05) is 0 Å². The summed E-state index contributed by atoms with van der Waals surface area (Å²) in [5.74, 6) is -1.03. The molecule has 0 radical (unpaired) electrons. The fourth-order valence-electron chi connectivity index (χ4n) is 4.23. The zero-order valence-corrected chi connectivity index (χ0v) is 23.7. The van der Waals surface area contributed by atoms with Crippen molar-refractivity contribution in [3.63, 3.8) is 0 Å². The van der Waals surface area contributed by atoms with Gasteiger partial charge in [0.25, 0.3) is 11.6 Å². The van der Waals surface area contributed by atoms with Crippen molar-refractivity contribution in [3.05, 3.63) is 127 Å². The van der Waals surface area contributed by atoms with Crippen LogP contribution in [0.1, 0.15) is 32.0 Å². The predicted molar refractivity (Wildman–Crippen MR) is 161 cm³/mol. The molecular weight excluding hydrogens is 612 g/mol. The van der Waals surface area contributed by atoms with Crippen LogP contribution in [0.5, 0.6) is 5.75 Å². The molecule has 0 saturated heterocycles. The molecule has 1 aromatic heterocycles. The Morgan fingerprint density at radius 2 is 1.80 bits per heavy atom. The predicted octanol–water partition coefficient (Wildman–Crippen LogP) is 7.45. The third kappa shape index (κ3) is 6.03. The smallest absolute Gasteiger partial charge is 0.343 e. The van der Waals surface area contributed by atoms with E-state index >= 15 is 0 Å². The second-order valence-electron chi connectivity index (χ2n) is 8.98. The summed E-state index contributed by atoms with van der Waals surface area (Å²) in [5, 5.41) is 16.3. The Morgan fingerprint density at radius 1 is 1.05 bits per heavy atom. The number of esters is 1. The average Bonchev–Trinajstić information content (AvgIpc) is 3.33. The van der Waals surface area contributed by atoms with E-state index in [1.807, 2.05) is 43.3 Å². The molecule has 9 nitrogen and oxygen atoms in total. The van der Waals surface area contributed by atoms with Gasteiger partial charge in [-0.05, 0) is 55.5 Å². The van der Waals surface area contributed by atoms with E-state index in [0.717, 1.165) is 16.5 Å². The van der Waals surface area contributed by atoms with Crippen molar-refractivity contribution < 1.29 is 19.2 Å². The van der Waals surface area contributed by atoms with Gasteiger partial charge in [-0.3, -0.25) is 14.9 Å². The van der Waals surface area contributed by atoms with E-state index in [-0.39, 0.29) is 22.7 Å². The van der Waals surface area contributed by atoms with Gasteiger partial charge in [-0.25, -0.2) is 10.2 Å². The number of aromatic nitrogens is 1. The molecule has 4 aromatic carbocycles. The zero-order chi connectivity index (χ0) is 29.1. The standard InChI is InChI=1S/C30H20BrClN4O5/c1-17-6-12-25-23(14-17)27(22-4-2-3-5-24(22)32)28(34-25)29(37)35-33-16-19-15-20(31)9-13-26(19)41-30(38)18-7-10-21(11-8-18)36(39)40/h2-16,34H,1H3,(H,35,37). The van der Waals surface area contributed by atoms with E-state index < -0.39 is 16.8 Å². The largest absolute Gasteiger partial charge is 0.422 e. The van der Waals surface area contributed by atoms with Crippen LogP contribution in [0.3, 0.4) is 0 Å². The maximum absolute atomic E-state index is 13.3. The number of nitrogens with one attached hydrogen (secondary N) is 2.